The molecule has 3 aliphatic heterocycles. The number of likely N-dealkylation sites (N-methyl/N-ethyl adjacent to an activating group) is 1. The molecular formula is C24H26Cl2N6O2. The molecule has 178 valence electrons. The lowest BCUT2D eigenvalue weighted by atomic mass is 10.1. The smallest absolute Gasteiger partial charge is 0.325 e. The van der Waals surface area contributed by atoms with Crippen LogP contribution in [0.2, 0.25) is 10.0 Å². The van der Waals surface area contributed by atoms with Gasteiger partial charge in [0.05, 0.1) is 0 Å². The van der Waals surface area contributed by atoms with Gasteiger partial charge < -0.3 is 14.7 Å². The topological polar surface area (TPSA) is 71.5 Å². The van der Waals surface area contributed by atoms with E-state index in [9.17, 15) is 9.59 Å². The number of benzene rings is 2. The van der Waals surface area contributed by atoms with E-state index in [2.05, 4.69) is 21.2 Å². The van der Waals surface area contributed by atoms with Gasteiger partial charge in [0.15, 0.2) is 18.2 Å². The Morgan fingerprint density at radius 1 is 0.941 bits per heavy atom. The highest BCUT2D eigenvalue weighted by Crippen LogP contribution is 2.28. The fourth-order valence-electron chi connectivity index (χ4n) is 4.78. The number of urea groups is 1. The van der Waals surface area contributed by atoms with Crippen LogP contribution in [-0.4, -0.2) is 82.9 Å². The van der Waals surface area contributed by atoms with Gasteiger partial charge in [-0.05, 0) is 35.4 Å². The van der Waals surface area contributed by atoms with Crippen LogP contribution in [0.25, 0.3) is 0 Å². The largest absolute Gasteiger partial charge is 0.340 e. The molecule has 0 radical (unpaired) electrons. The third-order valence-corrected chi connectivity index (χ3v) is 7.00. The molecule has 0 spiro atoms. The first-order valence-corrected chi connectivity index (χ1v) is 12.0. The van der Waals surface area contributed by atoms with Crippen LogP contribution in [-0.2, 0) is 17.9 Å². The van der Waals surface area contributed by atoms with Crippen LogP contribution >= 0.6 is 23.2 Å². The maximum absolute atomic E-state index is 12.9. The summed E-state index contributed by atoms with van der Waals surface area (Å²) < 4.78 is 0. The average Bonchev–Trinajstić information content (AvgIpc) is 3.18. The molecule has 2 aromatic rings. The summed E-state index contributed by atoms with van der Waals surface area (Å²) in [5.74, 6) is 0.419. The van der Waals surface area contributed by atoms with Gasteiger partial charge >= 0.3 is 6.03 Å². The Kier molecular flexibility index (Phi) is 6.38. The number of carbonyl (C=O) groups is 2. The molecule has 3 heterocycles. The SMILES string of the molecule is CN1C(=O)NC(=O)C2C1N=C(N1CCN(Cc3cccc(Cl)c3)CC1)N2Cc1cccc(Cl)c1. The summed E-state index contributed by atoms with van der Waals surface area (Å²) in [5, 5.41) is 3.84. The lowest BCUT2D eigenvalue weighted by Crippen LogP contribution is -2.64. The fraction of sp³-hybridized carbons (Fsp3) is 0.375. The third-order valence-electron chi connectivity index (χ3n) is 6.53. The Morgan fingerprint density at radius 2 is 1.56 bits per heavy atom. The first-order chi connectivity index (χ1) is 16.4. The Balaban J connectivity index is 1.35. The summed E-state index contributed by atoms with van der Waals surface area (Å²) in [6.45, 7) is 4.55. The molecule has 2 atom stereocenters. The van der Waals surface area contributed by atoms with Gasteiger partial charge in [-0.15, -0.1) is 0 Å². The molecule has 34 heavy (non-hydrogen) atoms. The quantitative estimate of drug-likeness (QED) is 0.698. The Labute approximate surface area is 208 Å². The Bertz CT molecular complexity index is 1130. The van der Waals surface area contributed by atoms with Gasteiger partial charge in [0, 0.05) is 56.4 Å². The number of fused-ring (bicyclic) bond motifs is 1. The summed E-state index contributed by atoms with van der Waals surface area (Å²) in [6, 6.07) is 14.5. The minimum Gasteiger partial charge on any atom is -0.340 e. The number of carbonyl (C=O) groups excluding carboxylic acids is 2. The van der Waals surface area contributed by atoms with Crippen molar-refractivity contribution in [3.63, 3.8) is 0 Å². The van der Waals surface area contributed by atoms with Crippen molar-refractivity contribution in [1.82, 2.24) is 24.9 Å². The van der Waals surface area contributed by atoms with Crippen LogP contribution in [0, 0.1) is 0 Å². The number of amides is 3. The zero-order valence-corrected chi connectivity index (χ0v) is 20.3. The predicted octanol–water partition coefficient (Wildman–Crippen LogP) is 2.86. The Hall–Kier alpha value is -2.81. The molecule has 2 unspecified atom stereocenters. The molecule has 2 aromatic carbocycles. The van der Waals surface area contributed by atoms with Gasteiger partial charge in [0.25, 0.3) is 5.91 Å². The molecule has 3 aliphatic rings. The molecular weight excluding hydrogens is 475 g/mol. The van der Waals surface area contributed by atoms with Crippen LogP contribution in [0.15, 0.2) is 53.5 Å². The fourth-order valence-corrected chi connectivity index (χ4v) is 5.20. The van der Waals surface area contributed by atoms with Crippen LogP contribution in [0.1, 0.15) is 11.1 Å². The second-order valence-corrected chi connectivity index (χ2v) is 9.72. The first kappa shape index (κ1) is 23.0. The van der Waals surface area contributed by atoms with Crippen molar-refractivity contribution >= 4 is 41.1 Å². The monoisotopic (exact) mass is 500 g/mol. The van der Waals surface area contributed by atoms with E-state index >= 15 is 0 Å². The Morgan fingerprint density at radius 3 is 2.18 bits per heavy atom. The minimum atomic E-state index is -0.582. The van der Waals surface area contributed by atoms with Crippen molar-refractivity contribution in [3.05, 3.63) is 69.7 Å². The number of nitrogens with zero attached hydrogens (tertiary/aromatic N) is 5. The summed E-state index contributed by atoms with van der Waals surface area (Å²) in [4.78, 5) is 38.1. The van der Waals surface area contributed by atoms with Crippen molar-refractivity contribution in [1.29, 1.82) is 0 Å². The predicted molar refractivity (Wildman–Crippen MR) is 132 cm³/mol. The van der Waals surface area contributed by atoms with Crippen molar-refractivity contribution in [2.75, 3.05) is 33.2 Å². The summed E-state index contributed by atoms with van der Waals surface area (Å²) in [7, 11) is 1.67. The number of rotatable bonds is 4. The van der Waals surface area contributed by atoms with E-state index in [0.717, 1.165) is 49.3 Å². The molecule has 2 fully saturated rings. The van der Waals surface area contributed by atoms with Gasteiger partial charge in [-0.25, -0.2) is 9.79 Å². The number of imide groups is 1. The van der Waals surface area contributed by atoms with Crippen LogP contribution in [0.4, 0.5) is 4.79 Å². The van der Waals surface area contributed by atoms with E-state index in [1.54, 1.807) is 7.05 Å². The van der Waals surface area contributed by atoms with E-state index in [1.807, 2.05) is 47.4 Å². The number of hydrogen-bond donors (Lipinski definition) is 1. The number of guanidine groups is 1. The molecule has 0 aliphatic carbocycles. The molecule has 8 nitrogen and oxygen atoms in total. The highest BCUT2D eigenvalue weighted by molar-refractivity contribution is 6.30. The second kappa shape index (κ2) is 9.44. The van der Waals surface area contributed by atoms with Crippen molar-refractivity contribution in [2.45, 2.75) is 25.3 Å². The lowest BCUT2D eigenvalue weighted by molar-refractivity contribution is -0.127. The van der Waals surface area contributed by atoms with Crippen molar-refractivity contribution in [3.8, 4) is 0 Å². The summed E-state index contributed by atoms with van der Waals surface area (Å²) in [5.41, 5.74) is 2.16. The van der Waals surface area contributed by atoms with Gasteiger partial charge in [0.1, 0.15) is 0 Å². The van der Waals surface area contributed by atoms with Crippen molar-refractivity contribution < 1.29 is 9.59 Å². The molecule has 10 heteroatoms. The standard InChI is InChI=1S/C24H26Cl2N6O2/c1-29-21-20(22(33)28-24(29)34)32(15-17-5-3-7-19(26)13-17)23(27-21)31-10-8-30(9-11-31)14-16-4-2-6-18(25)12-16/h2-7,12-13,20-21H,8-11,14-15H2,1H3,(H,28,33,34). The van der Waals surface area contributed by atoms with Crippen molar-refractivity contribution in [2.24, 2.45) is 4.99 Å². The lowest BCUT2D eigenvalue weighted by Gasteiger charge is -2.40. The van der Waals surface area contributed by atoms with Gasteiger partial charge in [-0.2, -0.15) is 0 Å². The van der Waals surface area contributed by atoms with E-state index in [-0.39, 0.29) is 5.91 Å². The number of piperazine rings is 1. The number of halogens is 2. The maximum atomic E-state index is 12.9. The van der Waals surface area contributed by atoms with E-state index < -0.39 is 18.2 Å². The minimum absolute atomic E-state index is 0.325. The highest BCUT2D eigenvalue weighted by atomic mass is 35.5. The molecule has 3 amide bonds. The zero-order chi connectivity index (χ0) is 23.8. The zero-order valence-electron chi connectivity index (χ0n) is 18.8. The average molecular weight is 501 g/mol. The normalized spacial score (nSPS) is 23.1. The van der Waals surface area contributed by atoms with E-state index in [4.69, 9.17) is 28.2 Å². The highest BCUT2D eigenvalue weighted by Gasteiger charge is 2.49. The van der Waals surface area contributed by atoms with Crippen LogP contribution in [0.5, 0.6) is 0 Å². The van der Waals surface area contributed by atoms with Gasteiger partial charge in [0.2, 0.25) is 0 Å². The van der Waals surface area contributed by atoms with Gasteiger partial charge in [-0.3, -0.25) is 15.0 Å². The first-order valence-electron chi connectivity index (χ1n) is 11.3. The third kappa shape index (κ3) is 4.58. The molecule has 2 saturated heterocycles. The summed E-state index contributed by atoms with van der Waals surface area (Å²) >= 11 is 12.4. The van der Waals surface area contributed by atoms with Crippen LogP contribution < -0.4 is 5.32 Å². The molecule has 0 bridgehead atoms. The second-order valence-electron chi connectivity index (χ2n) is 8.84. The van der Waals surface area contributed by atoms with E-state index in [1.165, 1.54) is 10.5 Å². The summed E-state index contributed by atoms with van der Waals surface area (Å²) in [6.07, 6.45) is -0.556. The van der Waals surface area contributed by atoms with Crippen LogP contribution in [0.3, 0.4) is 0 Å². The van der Waals surface area contributed by atoms with E-state index in [0.29, 0.717) is 11.6 Å². The number of aliphatic imine (C=N–C) groups is 1. The molecule has 0 aromatic heterocycles. The molecule has 5 rings (SSSR count). The number of hydrogen-bond acceptors (Lipinski definition) is 6. The molecule has 1 N–H and O–H groups in total. The maximum Gasteiger partial charge on any atom is 0.325 e. The van der Waals surface area contributed by atoms with Gasteiger partial charge in [-0.1, -0.05) is 47.5 Å². The number of nitrogens with one attached hydrogen (secondary N) is 1. The molecule has 0 saturated carbocycles.